The van der Waals surface area contributed by atoms with Gasteiger partial charge in [0.05, 0.1) is 0 Å². The highest BCUT2D eigenvalue weighted by Gasteiger charge is 2.33. The predicted molar refractivity (Wildman–Crippen MR) is 63.7 cm³/mol. The number of hydrogen-bond donors (Lipinski definition) is 1. The second-order valence-corrected chi connectivity index (χ2v) is 5.00. The Balaban J connectivity index is 2.36. The van der Waals surface area contributed by atoms with E-state index in [0.29, 0.717) is 6.04 Å². The molecule has 1 atom stereocenters. The first-order valence-electron chi connectivity index (χ1n) is 4.85. The van der Waals surface area contributed by atoms with Gasteiger partial charge in [-0.1, -0.05) is 33.6 Å². The fraction of sp³-hybridized carbons (Fsp3) is 0.455. The summed E-state index contributed by atoms with van der Waals surface area (Å²) >= 11 is 9.77. The molecule has 0 aliphatic heterocycles. The molecule has 0 amide bonds. The summed E-state index contributed by atoms with van der Waals surface area (Å²) in [5, 5.41) is 4.20. The van der Waals surface area contributed by atoms with Crippen molar-refractivity contribution in [3.8, 4) is 0 Å². The van der Waals surface area contributed by atoms with Gasteiger partial charge in [0, 0.05) is 21.1 Å². The molecule has 1 unspecified atom stereocenters. The van der Waals surface area contributed by atoms with E-state index in [1.807, 2.05) is 25.2 Å². The Bertz CT molecular complexity index is 316. The highest BCUT2D eigenvalue weighted by Crippen LogP contribution is 2.44. The summed E-state index contributed by atoms with van der Waals surface area (Å²) in [7, 11) is 2.00. The number of nitrogens with one attached hydrogen (secondary N) is 1. The first kappa shape index (κ1) is 10.5. The van der Waals surface area contributed by atoms with Crippen LogP contribution in [0.4, 0.5) is 0 Å². The fourth-order valence-corrected chi connectivity index (χ4v) is 2.87. The molecule has 0 aromatic heterocycles. The summed E-state index contributed by atoms with van der Waals surface area (Å²) in [6, 6.07) is 6.37. The molecule has 1 aromatic carbocycles. The topological polar surface area (TPSA) is 12.0 Å². The van der Waals surface area contributed by atoms with E-state index in [2.05, 4.69) is 21.2 Å². The van der Waals surface area contributed by atoms with Gasteiger partial charge < -0.3 is 5.32 Å². The molecule has 0 bridgehead atoms. The first-order chi connectivity index (χ1) is 6.74. The minimum Gasteiger partial charge on any atom is -0.313 e. The van der Waals surface area contributed by atoms with E-state index in [0.717, 1.165) is 15.4 Å². The molecule has 0 spiro atoms. The van der Waals surface area contributed by atoms with Crippen LogP contribution in [0.15, 0.2) is 22.7 Å². The molecular formula is C11H13BrClN. The average molecular weight is 275 g/mol. The zero-order valence-corrected chi connectivity index (χ0v) is 10.4. The molecule has 1 saturated carbocycles. The maximum absolute atomic E-state index is 6.20. The molecule has 1 aromatic rings. The number of hydrogen-bond acceptors (Lipinski definition) is 1. The summed E-state index contributed by atoms with van der Waals surface area (Å²) in [6.07, 6.45) is 2.62. The zero-order valence-electron chi connectivity index (χ0n) is 8.06. The van der Waals surface area contributed by atoms with Crippen molar-refractivity contribution in [3.05, 3.63) is 33.3 Å². The van der Waals surface area contributed by atoms with Crippen LogP contribution in [-0.4, -0.2) is 7.05 Å². The van der Waals surface area contributed by atoms with Crippen LogP contribution in [-0.2, 0) is 0 Å². The monoisotopic (exact) mass is 273 g/mol. The van der Waals surface area contributed by atoms with Crippen LogP contribution >= 0.6 is 27.5 Å². The van der Waals surface area contributed by atoms with Gasteiger partial charge in [-0.3, -0.25) is 0 Å². The van der Waals surface area contributed by atoms with Crippen molar-refractivity contribution >= 4 is 27.5 Å². The third-order valence-electron chi connectivity index (χ3n) is 2.72. The summed E-state index contributed by atoms with van der Waals surface area (Å²) < 4.78 is 1.11. The summed E-state index contributed by atoms with van der Waals surface area (Å²) in [6.45, 7) is 0. The fourth-order valence-electron chi connectivity index (χ4n) is 1.85. The van der Waals surface area contributed by atoms with Crippen LogP contribution in [0.25, 0.3) is 0 Å². The zero-order chi connectivity index (χ0) is 10.1. The molecule has 0 radical (unpaired) electrons. The summed E-state index contributed by atoms with van der Waals surface area (Å²) in [4.78, 5) is 0. The quantitative estimate of drug-likeness (QED) is 0.885. The molecule has 1 N–H and O–H groups in total. The van der Waals surface area contributed by atoms with E-state index >= 15 is 0 Å². The predicted octanol–water partition coefficient (Wildman–Crippen LogP) is 3.77. The normalized spacial score (nSPS) is 18.2. The van der Waals surface area contributed by atoms with Gasteiger partial charge >= 0.3 is 0 Å². The maximum atomic E-state index is 6.20. The van der Waals surface area contributed by atoms with Gasteiger partial charge in [-0.15, -0.1) is 0 Å². The number of benzene rings is 1. The largest absolute Gasteiger partial charge is 0.313 e. The second kappa shape index (κ2) is 4.21. The van der Waals surface area contributed by atoms with Gasteiger partial charge in [0.1, 0.15) is 0 Å². The van der Waals surface area contributed by atoms with Gasteiger partial charge in [-0.05, 0) is 37.9 Å². The smallest absolute Gasteiger partial charge is 0.0465 e. The van der Waals surface area contributed by atoms with Crippen LogP contribution in [0, 0.1) is 5.92 Å². The van der Waals surface area contributed by atoms with Gasteiger partial charge in [0.15, 0.2) is 0 Å². The Morgan fingerprint density at radius 3 is 2.71 bits per heavy atom. The first-order valence-corrected chi connectivity index (χ1v) is 6.02. The molecule has 3 heteroatoms. The van der Waals surface area contributed by atoms with Gasteiger partial charge in [0.25, 0.3) is 0 Å². The van der Waals surface area contributed by atoms with Gasteiger partial charge in [-0.25, -0.2) is 0 Å². The molecular weight excluding hydrogens is 261 g/mol. The van der Waals surface area contributed by atoms with Crippen molar-refractivity contribution in [1.82, 2.24) is 5.32 Å². The summed E-state index contributed by atoms with van der Waals surface area (Å²) in [5.41, 5.74) is 1.21. The lowest BCUT2D eigenvalue weighted by molar-refractivity contribution is 0.527. The van der Waals surface area contributed by atoms with E-state index < -0.39 is 0 Å². The third-order valence-corrected chi connectivity index (χ3v) is 3.74. The van der Waals surface area contributed by atoms with E-state index in [4.69, 9.17) is 11.6 Å². The summed E-state index contributed by atoms with van der Waals surface area (Å²) in [5.74, 6) is 0.760. The van der Waals surface area contributed by atoms with E-state index in [1.54, 1.807) is 0 Å². The second-order valence-electron chi connectivity index (χ2n) is 3.74. The highest BCUT2D eigenvalue weighted by molar-refractivity contribution is 9.10. The standard InChI is InChI=1S/C11H13BrClN/c1-14-11(7-5-6-7)10-8(12)3-2-4-9(10)13/h2-4,7,11,14H,5-6H2,1H3. The molecule has 1 nitrogen and oxygen atoms in total. The van der Waals surface area contributed by atoms with Crippen molar-refractivity contribution in [3.63, 3.8) is 0 Å². The Hall–Kier alpha value is -0.0500. The average Bonchev–Trinajstić information content (AvgIpc) is 2.95. The van der Waals surface area contributed by atoms with Crippen molar-refractivity contribution in [1.29, 1.82) is 0 Å². The molecule has 1 fully saturated rings. The third kappa shape index (κ3) is 1.97. The van der Waals surface area contributed by atoms with Crippen LogP contribution < -0.4 is 5.32 Å². The molecule has 0 heterocycles. The molecule has 0 saturated heterocycles. The number of halogens is 2. The van der Waals surface area contributed by atoms with Crippen molar-refractivity contribution in [2.75, 3.05) is 7.05 Å². The minimum atomic E-state index is 0.401. The molecule has 2 rings (SSSR count). The van der Waals surface area contributed by atoms with E-state index in [9.17, 15) is 0 Å². The van der Waals surface area contributed by atoms with Crippen LogP contribution in [0.1, 0.15) is 24.4 Å². The molecule has 14 heavy (non-hydrogen) atoms. The van der Waals surface area contributed by atoms with Crippen molar-refractivity contribution < 1.29 is 0 Å². The minimum absolute atomic E-state index is 0.401. The Morgan fingerprint density at radius 1 is 1.50 bits per heavy atom. The lowest BCUT2D eigenvalue weighted by atomic mass is 10.0. The lowest BCUT2D eigenvalue weighted by Gasteiger charge is -2.18. The Kier molecular flexibility index (Phi) is 3.15. The van der Waals surface area contributed by atoms with Crippen LogP contribution in [0.2, 0.25) is 5.02 Å². The van der Waals surface area contributed by atoms with Gasteiger partial charge in [-0.2, -0.15) is 0 Å². The lowest BCUT2D eigenvalue weighted by Crippen LogP contribution is -2.19. The van der Waals surface area contributed by atoms with E-state index in [-0.39, 0.29) is 0 Å². The van der Waals surface area contributed by atoms with Gasteiger partial charge in [0.2, 0.25) is 0 Å². The number of rotatable bonds is 3. The molecule has 76 valence electrons. The van der Waals surface area contributed by atoms with Crippen molar-refractivity contribution in [2.45, 2.75) is 18.9 Å². The molecule has 1 aliphatic rings. The molecule has 1 aliphatic carbocycles. The Morgan fingerprint density at radius 2 is 2.21 bits per heavy atom. The SMILES string of the molecule is CNC(c1c(Cl)cccc1Br)C1CC1. The maximum Gasteiger partial charge on any atom is 0.0465 e. The highest BCUT2D eigenvalue weighted by atomic mass is 79.9. The van der Waals surface area contributed by atoms with Crippen molar-refractivity contribution in [2.24, 2.45) is 5.92 Å². The van der Waals surface area contributed by atoms with Crippen LogP contribution in [0.3, 0.4) is 0 Å². The van der Waals surface area contributed by atoms with Crippen LogP contribution in [0.5, 0.6) is 0 Å². The van der Waals surface area contributed by atoms with E-state index in [1.165, 1.54) is 18.4 Å². The Labute approximate surface area is 98.0 Å².